The summed E-state index contributed by atoms with van der Waals surface area (Å²) >= 11 is 0. The summed E-state index contributed by atoms with van der Waals surface area (Å²) in [6.07, 6.45) is 0. The van der Waals surface area contributed by atoms with Crippen LogP contribution in [-0.2, 0) is 9.53 Å². The quantitative estimate of drug-likeness (QED) is 0.647. The molecular formula is C13H11N5O2. The molecule has 7 nitrogen and oxygen atoms in total. The van der Waals surface area contributed by atoms with Gasteiger partial charge >= 0.3 is 0 Å². The zero-order valence-corrected chi connectivity index (χ0v) is 10.5. The Morgan fingerprint density at radius 1 is 1.30 bits per heavy atom. The topological polar surface area (TPSA) is 102 Å². The molecule has 1 aromatic carbocycles. The maximum atomic E-state index is 11.7. The number of hydrazone groups is 1. The molecule has 0 unspecified atom stereocenters. The Morgan fingerprint density at radius 2 is 2.00 bits per heavy atom. The first-order chi connectivity index (χ1) is 9.74. The van der Waals surface area contributed by atoms with Gasteiger partial charge in [0.2, 0.25) is 5.71 Å². The Kier molecular flexibility index (Phi) is 4.28. The summed E-state index contributed by atoms with van der Waals surface area (Å²) in [4.78, 5) is 13.3. The van der Waals surface area contributed by atoms with Crippen LogP contribution in [0.2, 0.25) is 0 Å². The molecule has 1 amide bonds. The summed E-state index contributed by atoms with van der Waals surface area (Å²) in [5.41, 5.74) is 3.74. The lowest BCUT2D eigenvalue weighted by Gasteiger charge is -2.26. The number of amides is 1. The molecule has 1 saturated heterocycles. The van der Waals surface area contributed by atoms with Crippen LogP contribution >= 0.6 is 0 Å². The lowest BCUT2D eigenvalue weighted by atomic mass is 10.2. The van der Waals surface area contributed by atoms with Gasteiger partial charge in [0.05, 0.1) is 12.3 Å². The molecule has 1 N–H and O–H groups in total. The van der Waals surface area contributed by atoms with Gasteiger partial charge in [0, 0.05) is 12.2 Å². The van der Waals surface area contributed by atoms with Crippen LogP contribution < -0.4 is 10.3 Å². The van der Waals surface area contributed by atoms with Gasteiger partial charge in [-0.05, 0) is 24.3 Å². The first-order valence-electron chi connectivity index (χ1n) is 5.86. The van der Waals surface area contributed by atoms with E-state index >= 15 is 0 Å². The van der Waals surface area contributed by atoms with E-state index in [-0.39, 0.29) is 18.2 Å². The van der Waals surface area contributed by atoms with Crippen molar-refractivity contribution in [1.82, 2.24) is 0 Å². The van der Waals surface area contributed by atoms with E-state index in [2.05, 4.69) is 10.5 Å². The Labute approximate surface area is 115 Å². The fourth-order valence-electron chi connectivity index (χ4n) is 1.70. The van der Waals surface area contributed by atoms with Gasteiger partial charge in [-0.2, -0.15) is 15.6 Å². The van der Waals surface area contributed by atoms with Crippen molar-refractivity contribution in [2.24, 2.45) is 5.10 Å². The molecular weight excluding hydrogens is 258 g/mol. The van der Waals surface area contributed by atoms with E-state index in [9.17, 15) is 4.79 Å². The third kappa shape index (κ3) is 3.10. The smallest absolute Gasteiger partial charge is 0.253 e. The van der Waals surface area contributed by atoms with Crippen LogP contribution in [0.3, 0.4) is 0 Å². The number of nitriles is 2. The van der Waals surface area contributed by atoms with E-state index in [0.29, 0.717) is 18.8 Å². The maximum Gasteiger partial charge on any atom is 0.253 e. The Morgan fingerprint density at radius 3 is 2.60 bits per heavy atom. The second kappa shape index (κ2) is 6.32. The Balaban J connectivity index is 2.07. The van der Waals surface area contributed by atoms with Crippen molar-refractivity contribution in [3.8, 4) is 12.1 Å². The van der Waals surface area contributed by atoms with Crippen LogP contribution in [0.1, 0.15) is 0 Å². The monoisotopic (exact) mass is 269 g/mol. The Bertz CT molecular complexity index is 593. The lowest BCUT2D eigenvalue weighted by molar-refractivity contribution is -0.125. The minimum Gasteiger partial charge on any atom is -0.370 e. The third-order valence-corrected chi connectivity index (χ3v) is 2.67. The standard InChI is InChI=1S/C13H11N5O2/c14-7-11(8-15)17-16-10-1-3-12(4-2-10)18-5-6-20-9-13(18)19/h1-4,16H,5-6,9H2. The first kappa shape index (κ1) is 13.5. The average molecular weight is 269 g/mol. The van der Waals surface area contributed by atoms with Crippen molar-refractivity contribution in [3.63, 3.8) is 0 Å². The summed E-state index contributed by atoms with van der Waals surface area (Å²) in [5.74, 6) is -0.0776. The third-order valence-electron chi connectivity index (χ3n) is 2.67. The van der Waals surface area contributed by atoms with E-state index in [1.165, 1.54) is 0 Å². The largest absolute Gasteiger partial charge is 0.370 e. The minimum absolute atomic E-state index is 0.0776. The molecule has 20 heavy (non-hydrogen) atoms. The maximum absolute atomic E-state index is 11.7. The molecule has 100 valence electrons. The molecule has 0 saturated carbocycles. The van der Waals surface area contributed by atoms with Gasteiger partial charge in [0.25, 0.3) is 5.91 Å². The average Bonchev–Trinajstić information content (AvgIpc) is 2.49. The van der Waals surface area contributed by atoms with E-state index in [1.807, 2.05) is 0 Å². The second-order valence-corrected chi connectivity index (χ2v) is 3.94. The predicted octanol–water partition coefficient (Wildman–Crippen LogP) is 0.865. The second-order valence-electron chi connectivity index (χ2n) is 3.94. The SMILES string of the molecule is N#CC(C#N)=NNc1ccc(N2CCOCC2=O)cc1. The highest BCUT2D eigenvalue weighted by molar-refractivity contribution is 6.10. The van der Waals surface area contributed by atoms with Crippen molar-refractivity contribution in [2.75, 3.05) is 30.1 Å². The van der Waals surface area contributed by atoms with Gasteiger partial charge in [-0.25, -0.2) is 0 Å². The number of hydrogen-bond donors (Lipinski definition) is 1. The summed E-state index contributed by atoms with van der Waals surface area (Å²) < 4.78 is 5.06. The summed E-state index contributed by atoms with van der Waals surface area (Å²) in [5, 5.41) is 20.7. The number of hydrogen-bond acceptors (Lipinski definition) is 6. The van der Waals surface area contributed by atoms with E-state index in [1.54, 1.807) is 41.3 Å². The number of carbonyl (C=O) groups is 1. The summed E-state index contributed by atoms with van der Waals surface area (Å²) in [6.45, 7) is 1.14. The number of morpholine rings is 1. The zero-order valence-electron chi connectivity index (χ0n) is 10.5. The van der Waals surface area contributed by atoms with Gasteiger partial charge < -0.3 is 9.64 Å². The summed E-state index contributed by atoms with van der Waals surface area (Å²) in [6, 6.07) is 10.3. The van der Waals surface area contributed by atoms with Crippen LogP contribution in [-0.4, -0.2) is 31.4 Å². The number of ether oxygens (including phenoxy) is 1. The molecule has 1 aromatic rings. The number of rotatable bonds is 3. The van der Waals surface area contributed by atoms with Crippen molar-refractivity contribution < 1.29 is 9.53 Å². The highest BCUT2D eigenvalue weighted by Crippen LogP contribution is 2.19. The molecule has 2 rings (SSSR count). The molecule has 1 heterocycles. The van der Waals surface area contributed by atoms with E-state index < -0.39 is 0 Å². The lowest BCUT2D eigenvalue weighted by Crippen LogP contribution is -2.41. The van der Waals surface area contributed by atoms with Crippen LogP contribution in [0.15, 0.2) is 29.4 Å². The first-order valence-corrected chi connectivity index (χ1v) is 5.86. The normalized spacial score (nSPS) is 14.1. The van der Waals surface area contributed by atoms with Crippen molar-refractivity contribution >= 4 is 23.0 Å². The zero-order chi connectivity index (χ0) is 14.4. The molecule has 7 heteroatoms. The van der Waals surface area contributed by atoms with Crippen LogP contribution in [0.25, 0.3) is 0 Å². The molecule has 0 bridgehead atoms. The fraction of sp³-hybridized carbons (Fsp3) is 0.231. The number of nitrogens with one attached hydrogen (secondary N) is 1. The van der Waals surface area contributed by atoms with Crippen molar-refractivity contribution in [1.29, 1.82) is 10.5 Å². The molecule has 0 atom stereocenters. The number of anilines is 2. The highest BCUT2D eigenvalue weighted by atomic mass is 16.5. The van der Waals surface area contributed by atoms with Gasteiger partial charge in [0.1, 0.15) is 18.7 Å². The van der Waals surface area contributed by atoms with Crippen molar-refractivity contribution in [3.05, 3.63) is 24.3 Å². The molecule has 0 aliphatic carbocycles. The summed E-state index contributed by atoms with van der Waals surface area (Å²) in [7, 11) is 0. The molecule has 0 aromatic heterocycles. The van der Waals surface area contributed by atoms with Gasteiger partial charge in [-0.3, -0.25) is 10.2 Å². The molecule has 1 aliphatic heterocycles. The Hall–Kier alpha value is -2.90. The van der Waals surface area contributed by atoms with Crippen LogP contribution in [0.4, 0.5) is 11.4 Å². The van der Waals surface area contributed by atoms with Gasteiger partial charge in [-0.1, -0.05) is 0 Å². The minimum atomic E-state index is -0.252. The predicted molar refractivity (Wildman–Crippen MR) is 71.9 cm³/mol. The van der Waals surface area contributed by atoms with Crippen molar-refractivity contribution in [2.45, 2.75) is 0 Å². The molecule has 1 aliphatic rings. The van der Waals surface area contributed by atoms with E-state index in [4.69, 9.17) is 15.3 Å². The van der Waals surface area contributed by atoms with Gasteiger partial charge in [0.15, 0.2) is 0 Å². The molecule has 0 spiro atoms. The number of carbonyl (C=O) groups excluding carboxylic acids is 1. The van der Waals surface area contributed by atoms with Crippen LogP contribution in [0, 0.1) is 22.7 Å². The van der Waals surface area contributed by atoms with E-state index in [0.717, 1.165) is 5.69 Å². The fourth-order valence-corrected chi connectivity index (χ4v) is 1.70. The van der Waals surface area contributed by atoms with Crippen LogP contribution in [0.5, 0.6) is 0 Å². The number of benzene rings is 1. The van der Waals surface area contributed by atoms with Gasteiger partial charge in [-0.15, -0.1) is 0 Å². The highest BCUT2D eigenvalue weighted by Gasteiger charge is 2.19. The molecule has 1 fully saturated rings. The molecule has 0 radical (unpaired) electrons. The number of nitrogens with zero attached hydrogens (tertiary/aromatic N) is 4.